The fourth-order valence-electron chi connectivity index (χ4n) is 3.50. The van der Waals surface area contributed by atoms with Gasteiger partial charge < -0.3 is 9.47 Å². The third kappa shape index (κ3) is 2.39. The molecule has 4 rings (SSSR count). The highest BCUT2D eigenvalue weighted by molar-refractivity contribution is 6.00. The molecule has 2 atom stereocenters. The molecule has 0 aliphatic carbocycles. The molecule has 1 amide bonds. The van der Waals surface area contributed by atoms with Gasteiger partial charge in [-0.15, -0.1) is 0 Å². The molecular weight excluding hydrogens is 290 g/mol. The van der Waals surface area contributed by atoms with Crippen LogP contribution in [0.15, 0.2) is 48.5 Å². The lowest BCUT2D eigenvalue weighted by atomic mass is 9.97. The Bertz CT molecular complexity index is 729. The largest absolute Gasteiger partial charge is 0.460 e. The second-order valence-corrected chi connectivity index (χ2v) is 5.97. The van der Waals surface area contributed by atoms with Crippen LogP contribution in [-0.4, -0.2) is 24.8 Å². The van der Waals surface area contributed by atoms with Gasteiger partial charge in [0.15, 0.2) is 0 Å². The van der Waals surface area contributed by atoms with E-state index in [2.05, 4.69) is 12.1 Å². The summed E-state index contributed by atoms with van der Waals surface area (Å²) in [6.45, 7) is 2.29. The number of carbonyl (C=O) groups excluding carboxylic acids is 1. The summed E-state index contributed by atoms with van der Waals surface area (Å²) < 4.78 is 11.8. The Morgan fingerprint density at radius 1 is 1.13 bits per heavy atom. The Balaban J connectivity index is 1.89. The molecular formula is C19H19NO3. The molecule has 1 fully saturated rings. The maximum Gasteiger partial charge on any atom is 0.224 e. The molecule has 0 N–H and O–H groups in total. The molecule has 2 aromatic rings. The van der Waals surface area contributed by atoms with Gasteiger partial charge in [0.1, 0.15) is 5.75 Å². The molecule has 0 radical (unpaired) electrons. The smallest absolute Gasteiger partial charge is 0.224 e. The minimum Gasteiger partial charge on any atom is -0.460 e. The van der Waals surface area contributed by atoms with Gasteiger partial charge in [-0.1, -0.05) is 42.5 Å². The maximum absolute atomic E-state index is 12.4. The lowest BCUT2D eigenvalue weighted by Gasteiger charge is -2.44. The van der Waals surface area contributed by atoms with Gasteiger partial charge in [-0.3, -0.25) is 9.69 Å². The molecule has 0 bridgehead atoms. The summed E-state index contributed by atoms with van der Waals surface area (Å²) >= 11 is 0. The first kappa shape index (κ1) is 14.3. The summed E-state index contributed by atoms with van der Waals surface area (Å²) in [5.41, 5.74) is 2.95. The van der Waals surface area contributed by atoms with Crippen LogP contribution < -0.4 is 9.64 Å². The molecule has 0 unspecified atom stereocenters. The molecule has 2 aliphatic heterocycles. The van der Waals surface area contributed by atoms with Gasteiger partial charge in [-0.05, 0) is 24.5 Å². The van der Waals surface area contributed by atoms with Crippen molar-refractivity contribution in [3.8, 4) is 16.9 Å². The predicted octanol–water partition coefficient (Wildman–Crippen LogP) is 3.60. The Hall–Kier alpha value is -2.33. The van der Waals surface area contributed by atoms with Crippen molar-refractivity contribution < 1.29 is 14.3 Å². The van der Waals surface area contributed by atoms with Crippen molar-refractivity contribution in [2.75, 3.05) is 11.5 Å². The second kappa shape index (κ2) is 5.70. The Morgan fingerprint density at radius 3 is 2.74 bits per heavy atom. The number of nitrogens with zero attached hydrogens (tertiary/aromatic N) is 1. The molecule has 0 saturated carbocycles. The van der Waals surface area contributed by atoms with Gasteiger partial charge in [0.25, 0.3) is 0 Å². The highest BCUT2D eigenvalue weighted by atomic mass is 16.7. The van der Waals surface area contributed by atoms with Crippen LogP contribution in [0, 0.1) is 0 Å². The summed E-state index contributed by atoms with van der Waals surface area (Å²) in [6, 6.07) is 16.0. The topological polar surface area (TPSA) is 38.8 Å². The van der Waals surface area contributed by atoms with E-state index in [4.69, 9.17) is 9.47 Å². The third-order valence-corrected chi connectivity index (χ3v) is 4.48. The quantitative estimate of drug-likeness (QED) is 0.808. The van der Waals surface area contributed by atoms with Gasteiger partial charge in [0.05, 0.1) is 18.3 Å². The van der Waals surface area contributed by atoms with Crippen LogP contribution in [0.1, 0.15) is 19.8 Å². The highest BCUT2D eigenvalue weighted by Crippen LogP contribution is 2.45. The molecule has 2 heterocycles. The van der Waals surface area contributed by atoms with E-state index in [1.807, 2.05) is 41.3 Å². The summed E-state index contributed by atoms with van der Waals surface area (Å²) in [5.74, 6) is 0.739. The molecule has 1 saturated heterocycles. The first-order valence-corrected chi connectivity index (χ1v) is 8.02. The van der Waals surface area contributed by atoms with Gasteiger partial charge in [-0.2, -0.15) is 0 Å². The van der Waals surface area contributed by atoms with Gasteiger partial charge in [-0.25, -0.2) is 0 Å². The number of fused-ring (bicyclic) bond motifs is 2. The van der Waals surface area contributed by atoms with Gasteiger partial charge in [0.2, 0.25) is 12.2 Å². The normalized spacial score (nSPS) is 22.7. The summed E-state index contributed by atoms with van der Waals surface area (Å²) in [4.78, 5) is 14.3. The van der Waals surface area contributed by atoms with Crippen LogP contribution in [0.4, 0.5) is 5.69 Å². The molecule has 0 aromatic heterocycles. The lowest BCUT2D eigenvalue weighted by molar-refractivity contribution is -0.136. The Kier molecular flexibility index (Phi) is 3.54. The van der Waals surface area contributed by atoms with E-state index < -0.39 is 0 Å². The van der Waals surface area contributed by atoms with Crippen LogP contribution in [-0.2, 0) is 9.53 Å². The molecule has 2 aromatic carbocycles. The first-order valence-electron chi connectivity index (χ1n) is 8.02. The number of ether oxygens (including phenoxy) is 2. The zero-order valence-electron chi connectivity index (χ0n) is 13.1. The van der Waals surface area contributed by atoms with Crippen molar-refractivity contribution in [3.63, 3.8) is 0 Å². The fourth-order valence-corrected chi connectivity index (χ4v) is 3.50. The minimum atomic E-state index is -0.369. The average molecular weight is 309 g/mol. The van der Waals surface area contributed by atoms with E-state index >= 15 is 0 Å². The predicted molar refractivity (Wildman–Crippen MR) is 88.4 cm³/mol. The minimum absolute atomic E-state index is 0.0263. The number of anilines is 1. The molecule has 2 aliphatic rings. The van der Waals surface area contributed by atoms with Crippen molar-refractivity contribution in [1.29, 1.82) is 0 Å². The van der Waals surface area contributed by atoms with Crippen LogP contribution in [0.3, 0.4) is 0 Å². The molecule has 23 heavy (non-hydrogen) atoms. The number of hydrogen-bond donors (Lipinski definition) is 0. The standard InChI is InChI=1S/C19H19NO3/c1-13(21)20-16-10-6-12-22-19(16)23-17-11-5-9-15(18(17)20)14-7-3-2-4-8-14/h2-5,7-9,11,16,19H,6,10,12H2,1H3/t16-,19-/m0/s1. The molecule has 0 spiro atoms. The van der Waals surface area contributed by atoms with Crippen molar-refractivity contribution in [2.24, 2.45) is 0 Å². The summed E-state index contributed by atoms with van der Waals surface area (Å²) in [6.07, 6.45) is 1.47. The van der Waals surface area contributed by atoms with E-state index in [1.165, 1.54) is 0 Å². The van der Waals surface area contributed by atoms with E-state index in [9.17, 15) is 4.79 Å². The second-order valence-electron chi connectivity index (χ2n) is 5.97. The number of amides is 1. The zero-order chi connectivity index (χ0) is 15.8. The third-order valence-electron chi connectivity index (χ3n) is 4.48. The number of carbonyl (C=O) groups is 1. The van der Waals surface area contributed by atoms with Crippen molar-refractivity contribution >= 4 is 11.6 Å². The van der Waals surface area contributed by atoms with Crippen LogP contribution >= 0.6 is 0 Å². The van der Waals surface area contributed by atoms with Crippen LogP contribution in [0.5, 0.6) is 5.75 Å². The number of para-hydroxylation sites is 1. The number of rotatable bonds is 1. The van der Waals surface area contributed by atoms with Gasteiger partial charge >= 0.3 is 0 Å². The van der Waals surface area contributed by atoms with Crippen molar-refractivity contribution in [3.05, 3.63) is 48.5 Å². The van der Waals surface area contributed by atoms with Crippen molar-refractivity contribution in [2.45, 2.75) is 32.1 Å². The molecule has 118 valence electrons. The van der Waals surface area contributed by atoms with E-state index in [0.717, 1.165) is 29.7 Å². The van der Waals surface area contributed by atoms with Crippen LogP contribution in [0.2, 0.25) is 0 Å². The highest BCUT2D eigenvalue weighted by Gasteiger charge is 2.41. The fraction of sp³-hybridized carbons (Fsp3) is 0.316. The Morgan fingerprint density at radius 2 is 1.96 bits per heavy atom. The molecule has 4 heteroatoms. The van der Waals surface area contributed by atoms with E-state index in [-0.39, 0.29) is 18.2 Å². The monoisotopic (exact) mass is 309 g/mol. The van der Waals surface area contributed by atoms with Crippen molar-refractivity contribution in [1.82, 2.24) is 0 Å². The average Bonchev–Trinajstić information content (AvgIpc) is 2.59. The van der Waals surface area contributed by atoms with E-state index in [1.54, 1.807) is 6.92 Å². The SMILES string of the molecule is CC(=O)N1c2c(cccc2-c2ccccc2)O[C@@H]2OCCC[C@@H]21. The van der Waals surface area contributed by atoms with Crippen LogP contribution in [0.25, 0.3) is 11.1 Å². The zero-order valence-corrected chi connectivity index (χ0v) is 13.1. The summed E-state index contributed by atoms with van der Waals surface area (Å²) in [5, 5.41) is 0. The maximum atomic E-state index is 12.4. The Labute approximate surface area is 135 Å². The molecule has 4 nitrogen and oxygen atoms in total. The first-order chi connectivity index (χ1) is 11.3. The number of hydrogen-bond acceptors (Lipinski definition) is 3. The summed E-state index contributed by atoms with van der Waals surface area (Å²) in [7, 11) is 0. The lowest BCUT2D eigenvalue weighted by Crippen LogP contribution is -2.55. The number of benzene rings is 2. The van der Waals surface area contributed by atoms with Gasteiger partial charge in [0, 0.05) is 12.5 Å². The van der Waals surface area contributed by atoms with E-state index in [0.29, 0.717) is 12.4 Å².